The largest absolute Gasteiger partial charge is 0.370 e. The molecule has 0 aromatic carbocycles. The van der Waals surface area contributed by atoms with Crippen LogP contribution in [-0.2, 0) is 0 Å². The van der Waals surface area contributed by atoms with Crippen molar-refractivity contribution in [3.63, 3.8) is 0 Å². The maximum Gasteiger partial charge on any atom is 0.253 e. The van der Waals surface area contributed by atoms with Crippen molar-refractivity contribution < 1.29 is 0 Å². The molecule has 5 N–H and O–H groups in total. The minimum absolute atomic E-state index is 0.0627. The van der Waals surface area contributed by atoms with E-state index in [-0.39, 0.29) is 11.9 Å². The number of aromatic amines is 1. The maximum atomic E-state index is 5.22. The zero-order valence-corrected chi connectivity index (χ0v) is 7.52. The van der Waals surface area contributed by atoms with E-state index in [0.29, 0.717) is 5.52 Å². The number of nitrogens with zero attached hydrogens (tertiary/aromatic N) is 4. The van der Waals surface area contributed by atoms with Crippen LogP contribution in [0.5, 0.6) is 0 Å². The first-order valence-electron chi connectivity index (χ1n) is 3.94. The van der Waals surface area contributed by atoms with Crippen molar-refractivity contribution in [3.05, 3.63) is 11.9 Å². The summed E-state index contributed by atoms with van der Waals surface area (Å²) >= 11 is 0. The average molecular weight is 191 g/mol. The van der Waals surface area contributed by atoms with Crippen LogP contribution in [-0.4, -0.2) is 26.1 Å². The van der Waals surface area contributed by atoms with Crippen LogP contribution in [0.25, 0.3) is 11.0 Å². The lowest BCUT2D eigenvalue weighted by Crippen LogP contribution is -2.22. The van der Waals surface area contributed by atoms with Gasteiger partial charge < -0.3 is 11.5 Å². The average Bonchev–Trinajstić information content (AvgIpc) is 2.50. The van der Waals surface area contributed by atoms with Gasteiger partial charge in [0, 0.05) is 0 Å². The van der Waals surface area contributed by atoms with Gasteiger partial charge in [-0.3, -0.25) is 5.10 Å². The number of guanidine groups is 1. The third kappa shape index (κ3) is 1.35. The monoisotopic (exact) mass is 191 g/mol. The van der Waals surface area contributed by atoms with Gasteiger partial charge in [0.1, 0.15) is 11.0 Å². The summed E-state index contributed by atoms with van der Waals surface area (Å²) in [5, 5.41) is 6.63. The predicted octanol–water partition coefficient (Wildman–Crippen LogP) is -0.434. The first kappa shape index (κ1) is 8.42. The molecule has 0 unspecified atom stereocenters. The molecule has 14 heavy (non-hydrogen) atoms. The molecule has 0 bridgehead atoms. The molecule has 0 amide bonds. The number of nitrogens with two attached hydrogens (primary N) is 2. The number of aryl methyl sites for hydroxylation is 1. The van der Waals surface area contributed by atoms with Crippen molar-refractivity contribution in [2.75, 3.05) is 0 Å². The summed E-state index contributed by atoms with van der Waals surface area (Å²) < 4.78 is 0. The summed E-state index contributed by atoms with van der Waals surface area (Å²) in [6.07, 6.45) is 1.59. The Morgan fingerprint density at radius 1 is 1.43 bits per heavy atom. The van der Waals surface area contributed by atoms with Crippen LogP contribution in [0.1, 0.15) is 5.69 Å². The quantitative estimate of drug-likeness (QED) is 0.417. The number of nitrogens with one attached hydrogen (secondary N) is 1. The Morgan fingerprint density at radius 3 is 2.93 bits per heavy atom. The van der Waals surface area contributed by atoms with E-state index in [1.165, 1.54) is 0 Å². The Balaban J connectivity index is 2.64. The second kappa shape index (κ2) is 2.95. The van der Waals surface area contributed by atoms with Crippen LogP contribution in [0.3, 0.4) is 0 Å². The normalized spacial score (nSPS) is 10.4. The first-order chi connectivity index (χ1) is 6.66. The van der Waals surface area contributed by atoms with Gasteiger partial charge in [-0.2, -0.15) is 10.1 Å². The molecule has 7 heteroatoms. The van der Waals surface area contributed by atoms with Crippen LogP contribution in [0.2, 0.25) is 0 Å². The number of fused-ring (bicyclic) bond motifs is 1. The Labute approximate surface area is 79.3 Å². The van der Waals surface area contributed by atoms with Crippen molar-refractivity contribution >= 4 is 22.9 Å². The minimum atomic E-state index is -0.0627. The molecule has 0 saturated heterocycles. The van der Waals surface area contributed by atoms with E-state index in [9.17, 15) is 0 Å². The predicted molar refractivity (Wildman–Crippen MR) is 51.9 cm³/mol. The van der Waals surface area contributed by atoms with Crippen molar-refractivity contribution in [1.82, 2.24) is 20.2 Å². The van der Waals surface area contributed by atoms with Crippen molar-refractivity contribution in [2.24, 2.45) is 16.5 Å². The molecule has 0 saturated carbocycles. The third-order valence-electron chi connectivity index (χ3n) is 1.70. The number of H-pyrrole nitrogens is 1. The summed E-state index contributed by atoms with van der Waals surface area (Å²) in [5.41, 5.74) is 12.7. The topological polar surface area (TPSA) is 119 Å². The smallest absolute Gasteiger partial charge is 0.253 e. The van der Waals surface area contributed by atoms with Gasteiger partial charge in [-0.05, 0) is 6.92 Å². The van der Waals surface area contributed by atoms with E-state index in [4.69, 9.17) is 11.5 Å². The van der Waals surface area contributed by atoms with E-state index in [2.05, 4.69) is 25.2 Å². The number of rotatable bonds is 1. The van der Waals surface area contributed by atoms with Crippen LogP contribution in [0.4, 0.5) is 5.95 Å². The molecule has 0 spiro atoms. The summed E-state index contributed by atoms with van der Waals surface area (Å²) in [6.45, 7) is 1.83. The molecule has 0 aliphatic rings. The summed E-state index contributed by atoms with van der Waals surface area (Å²) in [6, 6.07) is 0. The number of aliphatic imine (C=N–C) groups is 1. The molecule has 2 rings (SSSR count). The fourth-order valence-electron chi connectivity index (χ4n) is 1.13. The highest BCUT2D eigenvalue weighted by atomic mass is 15.2. The molecule has 72 valence electrons. The van der Waals surface area contributed by atoms with Gasteiger partial charge in [0.05, 0.1) is 11.9 Å². The fourth-order valence-corrected chi connectivity index (χ4v) is 1.13. The molecule has 2 heterocycles. The number of aromatic nitrogens is 4. The van der Waals surface area contributed by atoms with Crippen LogP contribution >= 0.6 is 0 Å². The molecule has 0 fully saturated rings. The van der Waals surface area contributed by atoms with E-state index in [1.54, 1.807) is 6.20 Å². The fraction of sp³-hybridized carbons (Fsp3) is 0.143. The van der Waals surface area contributed by atoms with Crippen LogP contribution in [0, 0.1) is 6.92 Å². The summed E-state index contributed by atoms with van der Waals surface area (Å²) in [5.74, 6) is 0.184. The molecule has 0 radical (unpaired) electrons. The Bertz CT molecular complexity index is 494. The Hall–Kier alpha value is -2.18. The van der Waals surface area contributed by atoms with Gasteiger partial charge in [-0.1, -0.05) is 0 Å². The SMILES string of the molecule is Cc1nc(N=C(N)N)nc2cn[nH]c12. The lowest BCUT2D eigenvalue weighted by Gasteiger charge is -1.96. The standard InChI is InChI=1S/C7H9N7/c1-3-5-4(2-10-14-5)12-7(11-3)13-6(8)9/h2H,1H3,(H,10,14)(H4,8,9,11,12,13). The second-order valence-electron chi connectivity index (χ2n) is 2.78. The van der Waals surface area contributed by atoms with Gasteiger partial charge >= 0.3 is 0 Å². The lowest BCUT2D eigenvalue weighted by atomic mass is 10.3. The zero-order chi connectivity index (χ0) is 10.1. The molecular weight excluding hydrogens is 182 g/mol. The minimum Gasteiger partial charge on any atom is -0.370 e. The highest BCUT2D eigenvalue weighted by Gasteiger charge is 2.04. The molecule has 0 aliphatic heterocycles. The van der Waals surface area contributed by atoms with E-state index in [0.717, 1.165) is 11.2 Å². The summed E-state index contributed by atoms with van der Waals surface area (Å²) in [7, 11) is 0. The summed E-state index contributed by atoms with van der Waals surface area (Å²) in [4.78, 5) is 11.9. The lowest BCUT2D eigenvalue weighted by molar-refractivity contribution is 1.08. The second-order valence-corrected chi connectivity index (χ2v) is 2.78. The molecule has 2 aromatic rings. The molecule has 0 aliphatic carbocycles. The highest BCUT2D eigenvalue weighted by molar-refractivity contribution is 5.80. The number of hydrogen-bond acceptors (Lipinski definition) is 4. The van der Waals surface area contributed by atoms with Crippen molar-refractivity contribution in [1.29, 1.82) is 0 Å². The van der Waals surface area contributed by atoms with E-state index < -0.39 is 0 Å². The van der Waals surface area contributed by atoms with E-state index in [1.807, 2.05) is 6.92 Å². The molecule has 7 nitrogen and oxygen atoms in total. The van der Waals surface area contributed by atoms with Gasteiger partial charge in [0.25, 0.3) is 5.95 Å². The van der Waals surface area contributed by atoms with Gasteiger partial charge in [-0.25, -0.2) is 9.97 Å². The van der Waals surface area contributed by atoms with Crippen LogP contribution < -0.4 is 11.5 Å². The highest BCUT2D eigenvalue weighted by Crippen LogP contribution is 2.14. The Morgan fingerprint density at radius 2 is 2.21 bits per heavy atom. The molecule has 0 atom stereocenters. The van der Waals surface area contributed by atoms with Gasteiger partial charge in [0.15, 0.2) is 5.96 Å². The number of hydrogen-bond donors (Lipinski definition) is 3. The van der Waals surface area contributed by atoms with Gasteiger partial charge in [0.2, 0.25) is 0 Å². The van der Waals surface area contributed by atoms with E-state index >= 15 is 0 Å². The molecular formula is C7H9N7. The first-order valence-corrected chi connectivity index (χ1v) is 3.94. The third-order valence-corrected chi connectivity index (χ3v) is 1.70. The maximum absolute atomic E-state index is 5.22. The van der Waals surface area contributed by atoms with Crippen LogP contribution in [0.15, 0.2) is 11.2 Å². The van der Waals surface area contributed by atoms with Gasteiger partial charge in [-0.15, -0.1) is 0 Å². The van der Waals surface area contributed by atoms with Crippen molar-refractivity contribution in [3.8, 4) is 0 Å². The van der Waals surface area contributed by atoms with Crippen molar-refractivity contribution in [2.45, 2.75) is 6.92 Å². The Kier molecular flexibility index (Phi) is 1.77. The molecule has 2 aromatic heterocycles. The zero-order valence-electron chi connectivity index (χ0n) is 7.52.